The zero-order valence-electron chi connectivity index (χ0n) is 38.8. The van der Waals surface area contributed by atoms with Gasteiger partial charge in [0.15, 0.2) is 59.6 Å². The summed E-state index contributed by atoms with van der Waals surface area (Å²) >= 11 is 4.32. The number of fused-ring (bicyclic) bond motifs is 2. The van der Waals surface area contributed by atoms with Crippen molar-refractivity contribution in [1.29, 1.82) is 0 Å². The summed E-state index contributed by atoms with van der Waals surface area (Å²) in [6, 6.07) is 8.29. The number of thioether (sulfide) groups is 2. The topological polar surface area (TPSA) is 343 Å². The third kappa shape index (κ3) is 10.7. The second-order valence-corrected chi connectivity index (χ2v) is 21.2. The van der Waals surface area contributed by atoms with Crippen LogP contribution >= 0.6 is 46.2 Å². The summed E-state index contributed by atoms with van der Waals surface area (Å²) in [6.45, 7) is 5.16. The highest BCUT2D eigenvalue weighted by atomic mass is 32.2. The molecule has 4 aromatic rings. The number of rotatable bonds is 19. The Labute approximate surface area is 429 Å². The maximum atomic E-state index is 14.5. The minimum atomic E-state index is -1.96. The van der Waals surface area contributed by atoms with Crippen molar-refractivity contribution in [2.24, 2.45) is 10.3 Å². The number of carbonyl (C=O) groups excluding carboxylic acids is 5. The van der Waals surface area contributed by atoms with Crippen molar-refractivity contribution >= 4 is 115 Å². The van der Waals surface area contributed by atoms with Crippen LogP contribution in [0.2, 0.25) is 0 Å². The zero-order chi connectivity index (χ0) is 52.5. The van der Waals surface area contributed by atoms with E-state index in [0.717, 1.165) is 27.6 Å². The molecule has 0 bridgehead atoms. The van der Waals surface area contributed by atoms with Gasteiger partial charge in [-0.25, -0.2) is 33.5 Å². The molecular formula is C44H44N12O13S4+2. The van der Waals surface area contributed by atoms with Gasteiger partial charge in [-0.2, -0.15) is 0 Å². The Kier molecular flexibility index (Phi) is 14.7. The summed E-state index contributed by atoms with van der Waals surface area (Å²) in [5, 5.41) is 46.1. The van der Waals surface area contributed by atoms with E-state index >= 15 is 0 Å². The lowest BCUT2D eigenvalue weighted by atomic mass is 10.0. The summed E-state index contributed by atoms with van der Waals surface area (Å²) in [7, 11) is 0. The van der Waals surface area contributed by atoms with Gasteiger partial charge in [0.2, 0.25) is 11.2 Å². The molecule has 5 amide bonds. The minimum Gasteiger partial charge on any atom is -0.478 e. The number of nitrogens with one attached hydrogen (secondary N) is 3. The molecule has 4 aliphatic heterocycles. The van der Waals surface area contributed by atoms with Crippen LogP contribution in [0, 0.1) is 0 Å². The first-order valence-corrected chi connectivity index (χ1v) is 25.5. The Morgan fingerprint density at radius 3 is 1.58 bits per heavy atom. The van der Waals surface area contributed by atoms with Crippen LogP contribution in [0.5, 0.6) is 0 Å². The molecule has 380 valence electrons. The number of nitrogens with two attached hydrogens (primary N) is 1. The largest absolute Gasteiger partial charge is 0.478 e. The molecule has 0 spiro atoms. The van der Waals surface area contributed by atoms with E-state index in [1.165, 1.54) is 66.9 Å². The molecule has 0 aliphatic carbocycles. The Balaban J connectivity index is 1.03. The number of β-lactam (4-membered cyclic amide) rings is 2. The second kappa shape index (κ2) is 20.8. The smallest absolute Gasteiger partial charge is 0.352 e. The van der Waals surface area contributed by atoms with E-state index in [0.29, 0.717) is 11.1 Å². The number of thiazole rings is 2. The Morgan fingerprint density at radius 1 is 0.699 bits per heavy atom. The molecule has 0 saturated carbocycles. The van der Waals surface area contributed by atoms with E-state index < -0.39 is 92.9 Å². The first kappa shape index (κ1) is 51.6. The van der Waals surface area contributed by atoms with Gasteiger partial charge in [-0.15, -0.1) is 46.2 Å². The quantitative estimate of drug-likeness (QED) is 0.0288. The SMILES string of the molecule is CC(C)(O/N=C(\C(=O)N[C@@H]1C(=O)N2C(C(=O)O)=C(C[n+]3ccccc3)CS[C@H]12)c1csc(NC(=O)C2=C(C[n+]3ccccc3)CS[C@@H]3[C@H](NC(=O)/C(=N\OC(C)(C)C(=O)O)c4csc(N)n4)C(=O)N23)n1)C(=O)O. The fourth-order valence-corrected chi connectivity index (χ4v) is 11.3. The van der Waals surface area contributed by atoms with E-state index in [1.54, 1.807) is 70.3 Å². The van der Waals surface area contributed by atoms with Gasteiger partial charge in [0.25, 0.3) is 29.5 Å². The van der Waals surface area contributed by atoms with Crippen LogP contribution < -0.4 is 30.8 Å². The number of anilines is 2. The lowest BCUT2D eigenvalue weighted by Crippen LogP contribution is -2.71. The molecule has 8 rings (SSSR count). The first-order chi connectivity index (χ1) is 34.6. The zero-order valence-corrected chi connectivity index (χ0v) is 42.0. The van der Waals surface area contributed by atoms with Crippen LogP contribution in [0.15, 0.2) is 105 Å². The highest BCUT2D eigenvalue weighted by Gasteiger charge is 2.56. The lowest BCUT2D eigenvalue weighted by Gasteiger charge is -2.49. The molecule has 25 nitrogen and oxygen atoms in total. The van der Waals surface area contributed by atoms with Crippen LogP contribution in [-0.4, -0.2) is 139 Å². The van der Waals surface area contributed by atoms with E-state index in [9.17, 15) is 53.7 Å². The molecule has 4 aliphatic rings. The van der Waals surface area contributed by atoms with Crippen LogP contribution in [0.1, 0.15) is 39.1 Å². The molecule has 2 saturated heterocycles. The lowest BCUT2D eigenvalue weighted by molar-refractivity contribution is -0.689. The monoisotopic (exact) mass is 1080 g/mol. The number of nitrogen functional groups attached to an aromatic ring is 1. The van der Waals surface area contributed by atoms with Crippen LogP contribution in [0.4, 0.5) is 10.3 Å². The van der Waals surface area contributed by atoms with E-state index in [1.807, 2.05) is 0 Å². The van der Waals surface area contributed by atoms with Gasteiger partial charge >= 0.3 is 17.9 Å². The molecule has 29 heteroatoms. The summed E-state index contributed by atoms with van der Waals surface area (Å²) in [4.78, 5) is 128. The Morgan fingerprint density at radius 2 is 1.14 bits per heavy atom. The molecule has 4 atom stereocenters. The molecule has 73 heavy (non-hydrogen) atoms. The molecule has 0 aromatic carbocycles. The molecule has 8 N–H and O–H groups in total. The number of aliphatic carboxylic acids is 3. The third-order valence-electron chi connectivity index (χ3n) is 11.3. The van der Waals surface area contributed by atoms with Gasteiger partial charge in [-0.3, -0.25) is 39.1 Å². The first-order valence-electron chi connectivity index (χ1n) is 21.7. The van der Waals surface area contributed by atoms with Crippen LogP contribution in [-0.2, 0) is 61.1 Å². The summed E-state index contributed by atoms with van der Waals surface area (Å²) in [5.74, 6) is -7.87. The number of hydrogen-bond acceptors (Lipinski definition) is 19. The minimum absolute atomic E-state index is 0.0420. The van der Waals surface area contributed by atoms with Gasteiger partial charge in [0, 0.05) is 57.7 Å². The molecular weight excluding hydrogens is 1030 g/mol. The van der Waals surface area contributed by atoms with Gasteiger partial charge in [0.1, 0.15) is 45.6 Å². The average molecular weight is 1080 g/mol. The highest BCUT2D eigenvalue weighted by Crippen LogP contribution is 2.42. The molecule has 8 heterocycles. The molecule has 0 radical (unpaired) electrons. The average Bonchev–Trinajstić information content (AvgIpc) is 4.01. The Bertz CT molecular complexity index is 3070. The number of carboxylic acid groups (broad SMARTS) is 3. The normalized spacial score (nSPS) is 20.0. The van der Waals surface area contributed by atoms with Crippen molar-refractivity contribution in [2.45, 2.75) is 74.8 Å². The number of hydrogen-bond donors (Lipinski definition) is 7. The third-order valence-corrected chi connectivity index (χ3v) is 15.4. The highest BCUT2D eigenvalue weighted by molar-refractivity contribution is 8.00. The number of amides is 5. The summed E-state index contributed by atoms with van der Waals surface area (Å²) < 4.78 is 3.55. The van der Waals surface area contributed by atoms with Crippen molar-refractivity contribution in [2.75, 3.05) is 22.6 Å². The van der Waals surface area contributed by atoms with Crippen molar-refractivity contribution in [3.63, 3.8) is 0 Å². The van der Waals surface area contributed by atoms with Gasteiger partial charge in [-0.05, 0) is 27.7 Å². The predicted molar refractivity (Wildman–Crippen MR) is 261 cm³/mol. The summed E-state index contributed by atoms with van der Waals surface area (Å²) in [6.07, 6.45) is 7.04. The van der Waals surface area contributed by atoms with Crippen molar-refractivity contribution in [1.82, 2.24) is 30.4 Å². The van der Waals surface area contributed by atoms with Crippen LogP contribution in [0.25, 0.3) is 0 Å². The van der Waals surface area contributed by atoms with E-state index in [2.05, 4.69) is 36.2 Å². The van der Waals surface area contributed by atoms with Gasteiger partial charge < -0.3 is 41.4 Å². The fourth-order valence-electron chi connectivity index (χ4n) is 7.36. The van der Waals surface area contributed by atoms with E-state index in [4.69, 9.17) is 15.4 Å². The van der Waals surface area contributed by atoms with Gasteiger partial charge in [0.05, 0.1) is 0 Å². The number of oxime groups is 2. The van der Waals surface area contributed by atoms with Crippen LogP contribution in [0.3, 0.4) is 0 Å². The molecule has 2 fully saturated rings. The number of aromatic nitrogens is 4. The van der Waals surface area contributed by atoms with E-state index in [-0.39, 0.29) is 57.6 Å². The van der Waals surface area contributed by atoms with Crippen molar-refractivity contribution in [3.05, 3.63) is 106 Å². The molecule has 0 unspecified atom stereocenters. The Hall–Kier alpha value is -7.76. The van der Waals surface area contributed by atoms with Gasteiger partial charge in [-0.1, -0.05) is 22.4 Å². The predicted octanol–water partition coefficient (Wildman–Crippen LogP) is 0.356. The number of carbonyl (C=O) groups is 8. The van der Waals surface area contributed by atoms with Crippen molar-refractivity contribution in [3.8, 4) is 0 Å². The van der Waals surface area contributed by atoms with Crippen molar-refractivity contribution < 1.29 is 72.5 Å². The summed E-state index contributed by atoms with van der Waals surface area (Å²) in [5.41, 5.74) is 1.42. The standard InChI is InChI=1S/C44H42N12O13S4/c1-43(2,39(64)65)68-51-25(23-19-72-41(45)46-23)31(57)48-27-34(60)55-29(21(17-70-36(27)55)15-53-11-7-5-8-12-53)33(59)50-42-47-24(20-73-42)26(52-69-44(3,4)40(66)67)32(58)49-28-35(61)56-30(38(62)63)22(18-71-37(28)56)16-54-13-9-6-10-14-54/h5-14,19-20,27-28,36-37H,15-18H2,1-4H3,(H6-2,45,46,47,48,49,50,57,58,59,62,63,64,65,66,67)/p+2/b51-25-,52-26-/t27-,28-,36-,37-/m1/s1. The fraction of sp³-hybridized carbons (Fsp3) is 0.318. The molecule has 4 aromatic heterocycles. The number of nitrogens with zero attached hydrogens (tertiary/aromatic N) is 8. The second-order valence-electron chi connectivity index (χ2n) is 17.3. The maximum Gasteiger partial charge on any atom is 0.352 e. The maximum absolute atomic E-state index is 14.5. The number of pyridine rings is 2. The number of carboxylic acids is 3.